The fraction of sp³-hybridized carbons (Fsp3) is 0. The molecule has 0 spiro atoms. The zero-order valence-electron chi connectivity index (χ0n) is 43.3. The summed E-state index contributed by atoms with van der Waals surface area (Å²) in [4.78, 5) is 15.1. The van der Waals surface area contributed by atoms with Crippen LogP contribution in [0.15, 0.2) is 279 Å². The van der Waals surface area contributed by atoms with E-state index < -0.39 is 0 Å². The number of para-hydroxylation sites is 3. The third-order valence-corrected chi connectivity index (χ3v) is 15.9. The summed E-state index contributed by atoms with van der Waals surface area (Å²) in [6.07, 6.45) is 0. The molecule has 0 unspecified atom stereocenters. The number of nitriles is 1. The second kappa shape index (κ2) is 19.3. The smallest absolute Gasteiger partial charge is 0.0991 e. The zero-order chi connectivity index (χ0) is 53.1. The number of fused-ring (bicyclic) bond motifs is 12. The molecule has 3 heterocycles. The lowest BCUT2D eigenvalue weighted by Gasteiger charge is -2.14. The van der Waals surface area contributed by atoms with Gasteiger partial charge in [-0.1, -0.05) is 212 Å². The Labute approximate surface area is 461 Å². The van der Waals surface area contributed by atoms with E-state index in [2.05, 4.69) is 255 Å². The topological polar surface area (TPSA) is 62.5 Å². The van der Waals surface area contributed by atoms with E-state index in [0.717, 1.165) is 60.4 Å². The lowest BCUT2D eigenvalue weighted by molar-refractivity contribution is 1.48. The van der Waals surface area contributed by atoms with E-state index in [4.69, 9.17) is 20.2 Å². The molecule has 0 bridgehead atoms. The average Bonchev–Trinajstić information content (AvgIpc) is 3.57. The molecule has 0 N–H and O–H groups in total. The molecule has 80 heavy (non-hydrogen) atoms. The van der Waals surface area contributed by atoms with Crippen molar-refractivity contribution in [1.82, 2.24) is 15.0 Å². The van der Waals surface area contributed by atoms with Crippen molar-refractivity contribution in [3.05, 3.63) is 285 Å². The van der Waals surface area contributed by atoms with E-state index in [1.54, 1.807) is 0 Å². The summed E-state index contributed by atoms with van der Waals surface area (Å²) in [6.45, 7) is 0. The van der Waals surface area contributed by atoms with Crippen LogP contribution in [0.1, 0.15) is 5.56 Å². The van der Waals surface area contributed by atoms with Gasteiger partial charge in [0.15, 0.2) is 0 Å². The Hall–Kier alpha value is -10.9. The summed E-state index contributed by atoms with van der Waals surface area (Å²) in [7, 11) is 0. The molecule has 0 aliphatic carbocycles. The molecule has 4 nitrogen and oxygen atoms in total. The molecule has 16 aromatic rings. The highest BCUT2D eigenvalue weighted by molar-refractivity contribution is 6.18. The van der Waals surface area contributed by atoms with Crippen molar-refractivity contribution in [3.63, 3.8) is 0 Å². The van der Waals surface area contributed by atoms with E-state index in [1.807, 2.05) is 30.3 Å². The molecule has 0 aliphatic rings. The van der Waals surface area contributed by atoms with Crippen molar-refractivity contribution in [2.75, 3.05) is 0 Å². The first-order chi connectivity index (χ1) is 39.6. The molecule has 0 saturated heterocycles. The lowest BCUT2D eigenvalue weighted by Crippen LogP contribution is -1.90. The van der Waals surface area contributed by atoms with Gasteiger partial charge in [0.2, 0.25) is 0 Å². The number of rotatable bonds is 5. The van der Waals surface area contributed by atoms with Crippen LogP contribution >= 0.6 is 0 Å². The maximum Gasteiger partial charge on any atom is 0.0991 e. The van der Waals surface area contributed by atoms with E-state index in [-0.39, 0.29) is 0 Å². The fourth-order valence-corrected chi connectivity index (χ4v) is 11.9. The summed E-state index contributed by atoms with van der Waals surface area (Å²) in [6, 6.07) is 101. The van der Waals surface area contributed by atoms with Gasteiger partial charge in [0.05, 0.1) is 44.7 Å². The monoisotopic (exact) mass is 1010 g/mol. The molecule has 0 fully saturated rings. The third kappa shape index (κ3) is 8.21. The van der Waals surface area contributed by atoms with Gasteiger partial charge in [0.1, 0.15) is 0 Å². The summed E-state index contributed by atoms with van der Waals surface area (Å²) < 4.78 is 0. The summed E-state index contributed by atoms with van der Waals surface area (Å²) in [5, 5.41) is 23.5. The lowest BCUT2D eigenvalue weighted by atomic mass is 9.91. The quantitative estimate of drug-likeness (QED) is 0.127. The Morgan fingerprint density at radius 2 is 0.463 bits per heavy atom. The number of benzene rings is 13. The standard InChI is InChI=1S/C40H24N2.C36H22N2/c1-7-15-37-27(9-1)21-35-31-13-5-3-11-29(31)33(23-39(35)41-37)25-17-19-26(20-18-25)34-24-40-36(32-14-6-4-12-30(32)34)22-28-10-2-8-16-38(28)42-40;37-23-24-9-11-25(12-10-24)26-13-15-27(16-14-26)28-17-19-29(20-18-28)33-22-36-34(32-7-3-2-6-31(32)33)21-30-5-1-4-8-35(30)38-36/h1-24H;1-22H. The van der Waals surface area contributed by atoms with E-state index in [0.29, 0.717) is 5.56 Å². The maximum absolute atomic E-state index is 9.04. The van der Waals surface area contributed by atoms with Gasteiger partial charge >= 0.3 is 0 Å². The van der Waals surface area contributed by atoms with Crippen molar-refractivity contribution in [1.29, 1.82) is 5.26 Å². The predicted octanol–water partition coefficient (Wildman–Crippen LogP) is 20.1. The van der Waals surface area contributed by atoms with Crippen LogP contribution in [-0.2, 0) is 0 Å². The normalized spacial score (nSPS) is 11.5. The number of hydrogen-bond donors (Lipinski definition) is 0. The predicted molar refractivity (Wildman–Crippen MR) is 336 cm³/mol. The molecule has 0 radical (unpaired) electrons. The fourth-order valence-electron chi connectivity index (χ4n) is 11.9. The minimum absolute atomic E-state index is 0.675. The zero-order valence-corrected chi connectivity index (χ0v) is 43.3. The van der Waals surface area contributed by atoms with Gasteiger partial charge in [0, 0.05) is 32.3 Å². The van der Waals surface area contributed by atoms with Crippen molar-refractivity contribution in [2.24, 2.45) is 0 Å². The van der Waals surface area contributed by atoms with E-state index in [1.165, 1.54) is 93.0 Å². The summed E-state index contributed by atoms with van der Waals surface area (Å²) in [5.74, 6) is 0. The molecule has 16 rings (SSSR count). The van der Waals surface area contributed by atoms with Gasteiger partial charge < -0.3 is 0 Å². The molecular weight excluding hydrogens is 969 g/mol. The van der Waals surface area contributed by atoms with Crippen LogP contribution in [0, 0.1) is 11.3 Å². The van der Waals surface area contributed by atoms with Crippen molar-refractivity contribution in [2.45, 2.75) is 0 Å². The molecule has 13 aromatic carbocycles. The van der Waals surface area contributed by atoms with Crippen LogP contribution in [0.5, 0.6) is 0 Å². The highest BCUT2D eigenvalue weighted by atomic mass is 14.7. The second-order valence-electron chi connectivity index (χ2n) is 20.6. The highest BCUT2D eigenvalue weighted by Gasteiger charge is 2.15. The number of nitrogens with zero attached hydrogens (tertiary/aromatic N) is 4. The van der Waals surface area contributed by atoms with Crippen LogP contribution < -0.4 is 0 Å². The van der Waals surface area contributed by atoms with E-state index in [9.17, 15) is 0 Å². The number of hydrogen-bond acceptors (Lipinski definition) is 4. The first kappa shape index (κ1) is 46.4. The first-order valence-corrected chi connectivity index (χ1v) is 27.0. The largest absolute Gasteiger partial charge is 0.248 e. The van der Waals surface area contributed by atoms with Gasteiger partial charge in [-0.15, -0.1) is 0 Å². The minimum Gasteiger partial charge on any atom is -0.248 e. The summed E-state index contributed by atoms with van der Waals surface area (Å²) >= 11 is 0. The van der Waals surface area contributed by atoms with Gasteiger partial charge in [-0.3, -0.25) is 0 Å². The second-order valence-corrected chi connectivity index (χ2v) is 20.6. The van der Waals surface area contributed by atoms with Gasteiger partial charge in [-0.2, -0.15) is 5.26 Å². The van der Waals surface area contributed by atoms with Gasteiger partial charge in [-0.05, 0) is 155 Å². The molecule has 0 atom stereocenters. The maximum atomic E-state index is 9.04. The summed E-state index contributed by atoms with van der Waals surface area (Å²) in [5.41, 5.74) is 18.5. The molecule has 3 aromatic heterocycles. The van der Waals surface area contributed by atoms with Crippen molar-refractivity contribution < 1.29 is 0 Å². The molecule has 0 aliphatic heterocycles. The Morgan fingerprint density at radius 1 is 0.212 bits per heavy atom. The van der Waals surface area contributed by atoms with Crippen LogP contribution in [-0.4, -0.2) is 15.0 Å². The number of pyridine rings is 3. The highest BCUT2D eigenvalue weighted by Crippen LogP contribution is 2.41. The average molecular weight is 1020 g/mol. The Kier molecular flexibility index (Phi) is 11.2. The van der Waals surface area contributed by atoms with Crippen molar-refractivity contribution in [3.8, 4) is 61.7 Å². The SMILES string of the molecule is N#Cc1ccc(-c2ccc(-c3ccc(-c4cc5nc6ccccc6cc5c5ccccc45)cc3)cc2)cc1.c1ccc2nc3cc(-c4ccc(-c5cc6nc7ccccc7cc6c6ccccc56)cc4)c4ccccc4c3cc2c1. The molecule has 0 amide bonds. The third-order valence-electron chi connectivity index (χ3n) is 15.9. The molecular formula is C76H46N4. The molecule has 0 saturated carbocycles. The van der Waals surface area contributed by atoms with Crippen LogP contribution in [0.25, 0.3) is 153 Å². The van der Waals surface area contributed by atoms with Crippen LogP contribution in [0.3, 0.4) is 0 Å². The first-order valence-electron chi connectivity index (χ1n) is 27.0. The Bertz CT molecular complexity index is 4980. The molecule has 4 heteroatoms. The Morgan fingerprint density at radius 3 is 0.762 bits per heavy atom. The minimum atomic E-state index is 0.675. The number of aromatic nitrogens is 3. The van der Waals surface area contributed by atoms with Gasteiger partial charge in [0.25, 0.3) is 0 Å². The molecule has 370 valence electrons. The van der Waals surface area contributed by atoms with Crippen LogP contribution in [0.2, 0.25) is 0 Å². The van der Waals surface area contributed by atoms with Gasteiger partial charge in [-0.25, -0.2) is 15.0 Å². The van der Waals surface area contributed by atoms with E-state index >= 15 is 0 Å². The Balaban J connectivity index is 0.000000139. The van der Waals surface area contributed by atoms with Crippen molar-refractivity contribution >= 4 is 97.7 Å². The van der Waals surface area contributed by atoms with Crippen LogP contribution in [0.4, 0.5) is 0 Å².